The number of halogens is 2. The number of amides is 1. The van der Waals surface area contributed by atoms with Gasteiger partial charge in [-0.05, 0) is 42.0 Å². The highest BCUT2D eigenvalue weighted by atomic mass is 35.5. The molecule has 0 spiro atoms. The standard InChI is InChI=1S/C22H19ClFNO4/c1-27-20-12-21(28-2)19(11-18(20)23)25-22(26)15-4-3-5-17(10-15)29-13-14-6-8-16(24)9-7-14/h3-12H,13H2,1-2H3,(H,25,26). The van der Waals surface area contributed by atoms with Gasteiger partial charge in [0.15, 0.2) is 0 Å². The summed E-state index contributed by atoms with van der Waals surface area (Å²) in [6, 6.07) is 15.9. The van der Waals surface area contributed by atoms with Gasteiger partial charge in [0.05, 0.1) is 24.9 Å². The number of ether oxygens (including phenoxy) is 3. The van der Waals surface area contributed by atoms with Gasteiger partial charge < -0.3 is 19.5 Å². The highest BCUT2D eigenvalue weighted by Crippen LogP contribution is 2.36. The Morgan fingerprint density at radius 3 is 2.41 bits per heavy atom. The van der Waals surface area contributed by atoms with E-state index in [0.717, 1.165) is 5.56 Å². The molecule has 0 aliphatic rings. The highest BCUT2D eigenvalue weighted by Gasteiger charge is 2.14. The zero-order valence-electron chi connectivity index (χ0n) is 15.9. The lowest BCUT2D eigenvalue weighted by Gasteiger charge is -2.13. The molecular formula is C22H19ClFNO4. The molecule has 0 aromatic heterocycles. The molecule has 3 rings (SSSR count). The number of methoxy groups -OCH3 is 2. The summed E-state index contributed by atoms with van der Waals surface area (Å²) in [6.07, 6.45) is 0. The Labute approximate surface area is 173 Å². The van der Waals surface area contributed by atoms with Crippen LogP contribution in [-0.2, 0) is 6.61 Å². The Kier molecular flexibility index (Phi) is 6.57. The van der Waals surface area contributed by atoms with Crippen LogP contribution in [0, 0.1) is 5.82 Å². The first-order valence-corrected chi connectivity index (χ1v) is 9.08. The predicted molar refractivity (Wildman–Crippen MR) is 110 cm³/mol. The minimum absolute atomic E-state index is 0.257. The van der Waals surface area contributed by atoms with Crippen LogP contribution in [0.25, 0.3) is 0 Å². The number of anilines is 1. The normalized spacial score (nSPS) is 10.3. The van der Waals surface area contributed by atoms with Crippen molar-refractivity contribution in [1.82, 2.24) is 0 Å². The Morgan fingerprint density at radius 2 is 1.72 bits per heavy atom. The lowest BCUT2D eigenvalue weighted by Crippen LogP contribution is -2.13. The van der Waals surface area contributed by atoms with Gasteiger partial charge >= 0.3 is 0 Å². The molecule has 1 amide bonds. The zero-order chi connectivity index (χ0) is 20.8. The maximum Gasteiger partial charge on any atom is 0.255 e. The molecule has 0 heterocycles. The average Bonchev–Trinajstić information content (AvgIpc) is 2.74. The Hall–Kier alpha value is -3.25. The maximum atomic E-state index is 13.0. The van der Waals surface area contributed by atoms with E-state index in [-0.39, 0.29) is 18.3 Å². The third-order valence-corrected chi connectivity index (χ3v) is 4.43. The quantitative estimate of drug-likeness (QED) is 0.566. The molecule has 0 radical (unpaired) electrons. The van der Waals surface area contributed by atoms with E-state index in [1.165, 1.54) is 26.4 Å². The molecule has 0 saturated carbocycles. The third kappa shape index (κ3) is 5.18. The van der Waals surface area contributed by atoms with Gasteiger partial charge in [0, 0.05) is 11.6 Å². The Bertz CT molecular complexity index is 1010. The number of nitrogens with one attached hydrogen (secondary N) is 1. The van der Waals surface area contributed by atoms with Crippen molar-refractivity contribution >= 4 is 23.2 Å². The van der Waals surface area contributed by atoms with Crippen molar-refractivity contribution in [2.75, 3.05) is 19.5 Å². The number of benzene rings is 3. The third-order valence-electron chi connectivity index (χ3n) is 4.14. The molecular weight excluding hydrogens is 397 g/mol. The first-order valence-electron chi connectivity index (χ1n) is 8.70. The molecule has 0 fully saturated rings. The van der Waals surface area contributed by atoms with Gasteiger partial charge in [-0.3, -0.25) is 4.79 Å². The Morgan fingerprint density at radius 1 is 1.00 bits per heavy atom. The second-order valence-electron chi connectivity index (χ2n) is 6.08. The summed E-state index contributed by atoms with van der Waals surface area (Å²) >= 11 is 6.15. The highest BCUT2D eigenvalue weighted by molar-refractivity contribution is 6.32. The molecule has 7 heteroatoms. The van der Waals surface area contributed by atoms with Gasteiger partial charge in [-0.1, -0.05) is 29.8 Å². The van der Waals surface area contributed by atoms with Crippen LogP contribution in [0.4, 0.5) is 10.1 Å². The van der Waals surface area contributed by atoms with E-state index in [1.54, 1.807) is 48.5 Å². The van der Waals surface area contributed by atoms with Gasteiger partial charge in [-0.15, -0.1) is 0 Å². The molecule has 0 bridgehead atoms. The van der Waals surface area contributed by atoms with Crippen molar-refractivity contribution in [3.8, 4) is 17.2 Å². The van der Waals surface area contributed by atoms with Crippen LogP contribution >= 0.6 is 11.6 Å². The molecule has 0 unspecified atom stereocenters. The van der Waals surface area contributed by atoms with E-state index < -0.39 is 0 Å². The Balaban J connectivity index is 1.72. The van der Waals surface area contributed by atoms with Crippen LogP contribution in [0.15, 0.2) is 60.7 Å². The van der Waals surface area contributed by atoms with E-state index in [2.05, 4.69) is 5.32 Å². The fourth-order valence-corrected chi connectivity index (χ4v) is 2.87. The largest absolute Gasteiger partial charge is 0.495 e. The van der Waals surface area contributed by atoms with Crippen molar-refractivity contribution in [3.05, 3.63) is 82.6 Å². The van der Waals surface area contributed by atoms with Gasteiger partial charge in [-0.25, -0.2) is 4.39 Å². The minimum Gasteiger partial charge on any atom is -0.495 e. The lowest BCUT2D eigenvalue weighted by atomic mass is 10.2. The summed E-state index contributed by atoms with van der Waals surface area (Å²) in [5, 5.41) is 3.12. The number of rotatable bonds is 7. The average molecular weight is 416 g/mol. The number of hydrogen-bond acceptors (Lipinski definition) is 4. The number of hydrogen-bond donors (Lipinski definition) is 1. The SMILES string of the molecule is COc1cc(OC)c(NC(=O)c2cccc(OCc3ccc(F)cc3)c2)cc1Cl. The molecule has 3 aromatic rings. The predicted octanol–water partition coefficient (Wildman–Crippen LogP) is 5.33. The molecule has 0 saturated heterocycles. The van der Waals surface area contributed by atoms with Crippen LogP contribution in [0.3, 0.4) is 0 Å². The molecule has 0 aliphatic carbocycles. The van der Waals surface area contributed by atoms with Crippen molar-refractivity contribution in [2.45, 2.75) is 6.61 Å². The molecule has 0 aliphatic heterocycles. The minimum atomic E-state index is -0.350. The number of carbonyl (C=O) groups is 1. The van der Waals surface area contributed by atoms with Gasteiger partial charge in [0.25, 0.3) is 5.91 Å². The van der Waals surface area contributed by atoms with Gasteiger partial charge in [-0.2, -0.15) is 0 Å². The summed E-state index contributed by atoms with van der Waals surface area (Å²) in [5.41, 5.74) is 1.63. The van der Waals surface area contributed by atoms with Gasteiger partial charge in [0.1, 0.15) is 29.7 Å². The first-order chi connectivity index (χ1) is 14.0. The smallest absolute Gasteiger partial charge is 0.255 e. The van der Waals surface area contributed by atoms with Crippen molar-refractivity contribution in [2.24, 2.45) is 0 Å². The molecule has 29 heavy (non-hydrogen) atoms. The van der Waals surface area contributed by atoms with Crippen LogP contribution in [0.2, 0.25) is 5.02 Å². The summed E-state index contributed by atoms with van der Waals surface area (Å²) in [5.74, 6) is 0.723. The fraction of sp³-hybridized carbons (Fsp3) is 0.136. The molecule has 1 N–H and O–H groups in total. The molecule has 3 aromatic carbocycles. The maximum absolute atomic E-state index is 13.0. The van der Waals surface area contributed by atoms with Crippen LogP contribution in [-0.4, -0.2) is 20.1 Å². The summed E-state index contributed by atoms with van der Waals surface area (Å²) in [7, 11) is 2.98. The lowest BCUT2D eigenvalue weighted by molar-refractivity contribution is 0.102. The molecule has 5 nitrogen and oxygen atoms in total. The summed E-state index contributed by atoms with van der Waals surface area (Å²) in [6.45, 7) is 0.257. The molecule has 150 valence electrons. The van der Waals surface area contributed by atoms with E-state index in [4.69, 9.17) is 25.8 Å². The monoisotopic (exact) mass is 415 g/mol. The van der Waals surface area contributed by atoms with Gasteiger partial charge in [0.2, 0.25) is 0 Å². The van der Waals surface area contributed by atoms with Crippen LogP contribution in [0.5, 0.6) is 17.2 Å². The van der Waals surface area contributed by atoms with E-state index in [0.29, 0.717) is 33.5 Å². The fourth-order valence-electron chi connectivity index (χ4n) is 2.63. The van der Waals surface area contributed by atoms with Crippen LogP contribution < -0.4 is 19.5 Å². The van der Waals surface area contributed by atoms with E-state index in [1.807, 2.05) is 0 Å². The molecule has 0 atom stereocenters. The zero-order valence-corrected chi connectivity index (χ0v) is 16.6. The van der Waals surface area contributed by atoms with Crippen LogP contribution in [0.1, 0.15) is 15.9 Å². The summed E-state index contributed by atoms with van der Waals surface area (Å²) < 4.78 is 29.1. The number of carbonyl (C=O) groups excluding carboxylic acids is 1. The first kappa shape index (κ1) is 20.5. The summed E-state index contributed by atoms with van der Waals surface area (Å²) in [4.78, 5) is 12.7. The topological polar surface area (TPSA) is 56.8 Å². The van der Waals surface area contributed by atoms with E-state index >= 15 is 0 Å². The van der Waals surface area contributed by atoms with Crippen molar-refractivity contribution < 1.29 is 23.4 Å². The second kappa shape index (κ2) is 9.30. The second-order valence-corrected chi connectivity index (χ2v) is 6.49. The van der Waals surface area contributed by atoms with Crippen molar-refractivity contribution in [1.29, 1.82) is 0 Å². The van der Waals surface area contributed by atoms with Crippen molar-refractivity contribution in [3.63, 3.8) is 0 Å². The van der Waals surface area contributed by atoms with E-state index in [9.17, 15) is 9.18 Å².